The molecule has 0 saturated heterocycles. The fourth-order valence-electron chi connectivity index (χ4n) is 2.41. The van der Waals surface area contributed by atoms with E-state index in [2.05, 4.69) is 14.9 Å². The van der Waals surface area contributed by atoms with Gasteiger partial charge in [-0.15, -0.1) is 0 Å². The van der Waals surface area contributed by atoms with E-state index in [9.17, 15) is 8.42 Å². The third-order valence-corrected chi connectivity index (χ3v) is 5.80. The second-order valence-corrected chi connectivity index (χ2v) is 8.06. The first-order chi connectivity index (χ1) is 12.4. The molecule has 3 rings (SSSR count). The minimum atomic E-state index is -3.65. The van der Waals surface area contributed by atoms with Crippen LogP contribution in [-0.4, -0.2) is 25.1 Å². The maximum atomic E-state index is 12.3. The molecule has 8 heteroatoms. The zero-order chi connectivity index (χ0) is 18.7. The molecule has 0 unspecified atom stereocenters. The van der Waals surface area contributed by atoms with Gasteiger partial charge in [0.25, 0.3) is 0 Å². The van der Waals surface area contributed by atoms with E-state index < -0.39 is 10.0 Å². The van der Waals surface area contributed by atoms with Crippen LogP contribution in [0.5, 0.6) is 0 Å². The maximum Gasteiger partial charge on any atom is 0.240 e. The molecule has 0 saturated carbocycles. The molecule has 0 aliphatic heterocycles. The third kappa shape index (κ3) is 4.12. The minimum absolute atomic E-state index is 0.124. The van der Waals surface area contributed by atoms with Gasteiger partial charge in [0.2, 0.25) is 21.7 Å². The average molecular weight is 392 g/mol. The highest BCUT2D eigenvalue weighted by Crippen LogP contribution is 2.21. The topological polar surface area (TPSA) is 85.1 Å². The van der Waals surface area contributed by atoms with E-state index in [1.165, 1.54) is 12.1 Å². The van der Waals surface area contributed by atoms with Crippen molar-refractivity contribution in [3.8, 4) is 11.4 Å². The normalized spacial score (nSPS) is 11.7. The molecule has 0 aliphatic rings. The number of hydrogen-bond donors (Lipinski definition) is 1. The molecule has 3 aromatic rings. The largest absolute Gasteiger partial charge is 0.339 e. The molecular weight excluding hydrogens is 374 g/mol. The Balaban J connectivity index is 1.65. The van der Waals surface area contributed by atoms with Gasteiger partial charge in [0, 0.05) is 23.6 Å². The summed E-state index contributed by atoms with van der Waals surface area (Å²) in [5.74, 6) is 0.860. The van der Waals surface area contributed by atoms with Crippen molar-refractivity contribution in [2.24, 2.45) is 0 Å². The van der Waals surface area contributed by atoms with Crippen molar-refractivity contribution in [2.45, 2.75) is 25.2 Å². The Morgan fingerprint density at radius 3 is 2.62 bits per heavy atom. The van der Waals surface area contributed by atoms with Crippen LogP contribution in [-0.2, 0) is 16.4 Å². The lowest BCUT2D eigenvalue weighted by Crippen LogP contribution is -2.26. The first-order valence-corrected chi connectivity index (χ1v) is 9.87. The van der Waals surface area contributed by atoms with Gasteiger partial charge >= 0.3 is 0 Å². The van der Waals surface area contributed by atoms with Crippen LogP contribution in [0.25, 0.3) is 11.4 Å². The fourth-order valence-corrected chi connectivity index (χ4v) is 3.71. The predicted octanol–water partition coefficient (Wildman–Crippen LogP) is 3.53. The van der Waals surface area contributed by atoms with Crippen LogP contribution in [0.4, 0.5) is 0 Å². The smallest absolute Gasteiger partial charge is 0.240 e. The van der Waals surface area contributed by atoms with Gasteiger partial charge in [0.05, 0.1) is 4.90 Å². The predicted molar refractivity (Wildman–Crippen MR) is 99.6 cm³/mol. The van der Waals surface area contributed by atoms with Crippen molar-refractivity contribution in [1.82, 2.24) is 14.9 Å². The lowest BCUT2D eigenvalue weighted by atomic mass is 10.1. The second kappa shape index (κ2) is 7.57. The summed E-state index contributed by atoms with van der Waals surface area (Å²) in [7, 11) is -3.65. The summed E-state index contributed by atoms with van der Waals surface area (Å²) >= 11 is 6.00. The highest BCUT2D eigenvalue weighted by molar-refractivity contribution is 7.89. The third-order valence-electron chi connectivity index (χ3n) is 3.94. The SMILES string of the molecule is Cc1ccc(S(=O)(=O)NCCc2nc(-c3ccccc3C)no2)cc1Cl. The van der Waals surface area contributed by atoms with E-state index in [0.29, 0.717) is 16.7 Å². The van der Waals surface area contributed by atoms with Gasteiger partial charge in [-0.05, 0) is 37.1 Å². The summed E-state index contributed by atoms with van der Waals surface area (Å²) in [6.45, 7) is 3.92. The van der Waals surface area contributed by atoms with Crippen molar-refractivity contribution >= 4 is 21.6 Å². The van der Waals surface area contributed by atoms with Gasteiger partial charge in [0.15, 0.2) is 0 Å². The summed E-state index contributed by atoms with van der Waals surface area (Å²) in [6.07, 6.45) is 0.289. The van der Waals surface area contributed by atoms with Crippen molar-refractivity contribution < 1.29 is 12.9 Å². The van der Waals surface area contributed by atoms with E-state index in [1.807, 2.05) is 38.1 Å². The van der Waals surface area contributed by atoms with E-state index in [-0.39, 0.29) is 17.9 Å². The average Bonchev–Trinajstić information content (AvgIpc) is 3.06. The molecule has 1 aromatic heterocycles. The summed E-state index contributed by atoms with van der Waals surface area (Å²) in [4.78, 5) is 4.45. The Labute approximate surface area is 157 Å². The van der Waals surface area contributed by atoms with Crippen molar-refractivity contribution in [3.05, 3.63) is 64.5 Å². The standard InChI is InChI=1S/C18H18ClN3O3S/c1-12-5-3-4-6-15(12)18-21-17(25-22-18)9-10-20-26(23,24)14-8-7-13(2)16(19)11-14/h3-8,11,20H,9-10H2,1-2H3. The first-order valence-electron chi connectivity index (χ1n) is 8.01. The number of rotatable bonds is 6. The number of nitrogens with zero attached hydrogens (tertiary/aromatic N) is 2. The molecule has 0 fully saturated rings. The number of nitrogens with one attached hydrogen (secondary N) is 1. The number of hydrogen-bond acceptors (Lipinski definition) is 5. The van der Waals surface area contributed by atoms with Crippen LogP contribution in [0.1, 0.15) is 17.0 Å². The van der Waals surface area contributed by atoms with E-state index in [4.69, 9.17) is 16.1 Å². The molecule has 1 heterocycles. The second-order valence-electron chi connectivity index (χ2n) is 5.89. The Hall–Kier alpha value is -2.22. The van der Waals surface area contributed by atoms with Gasteiger partial charge in [0.1, 0.15) is 0 Å². The van der Waals surface area contributed by atoms with Crippen LogP contribution in [0.3, 0.4) is 0 Å². The lowest BCUT2D eigenvalue weighted by Gasteiger charge is -2.07. The number of halogens is 1. The Kier molecular flexibility index (Phi) is 5.41. The maximum absolute atomic E-state index is 12.3. The summed E-state index contributed by atoms with van der Waals surface area (Å²) in [5, 5.41) is 4.37. The first kappa shape index (κ1) is 18.6. The molecule has 0 atom stereocenters. The van der Waals surface area contributed by atoms with E-state index in [0.717, 1.165) is 16.7 Å². The van der Waals surface area contributed by atoms with Gasteiger partial charge in [-0.2, -0.15) is 4.98 Å². The molecule has 2 aromatic carbocycles. The molecule has 6 nitrogen and oxygen atoms in total. The van der Waals surface area contributed by atoms with Crippen molar-refractivity contribution in [3.63, 3.8) is 0 Å². The summed E-state index contributed by atoms with van der Waals surface area (Å²) in [5.41, 5.74) is 2.74. The molecule has 0 aliphatic carbocycles. The van der Waals surface area contributed by atoms with Crippen molar-refractivity contribution in [1.29, 1.82) is 0 Å². The molecule has 0 radical (unpaired) electrons. The summed E-state index contributed by atoms with van der Waals surface area (Å²) in [6, 6.07) is 12.3. The van der Waals surface area contributed by atoms with Crippen LogP contribution in [0.2, 0.25) is 5.02 Å². The highest BCUT2D eigenvalue weighted by Gasteiger charge is 2.16. The molecule has 26 heavy (non-hydrogen) atoms. The lowest BCUT2D eigenvalue weighted by molar-refractivity contribution is 0.379. The van der Waals surface area contributed by atoms with Gasteiger partial charge in [-0.25, -0.2) is 13.1 Å². The van der Waals surface area contributed by atoms with E-state index in [1.54, 1.807) is 6.07 Å². The van der Waals surface area contributed by atoms with Crippen LogP contribution >= 0.6 is 11.6 Å². The molecular formula is C18H18ClN3O3S. The minimum Gasteiger partial charge on any atom is -0.339 e. The molecule has 0 bridgehead atoms. The Morgan fingerprint density at radius 2 is 1.88 bits per heavy atom. The molecule has 0 spiro atoms. The van der Waals surface area contributed by atoms with Gasteiger partial charge in [-0.1, -0.05) is 47.1 Å². The molecule has 1 N–H and O–H groups in total. The van der Waals surface area contributed by atoms with Crippen LogP contribution in [0.15, 0.2) is 51.9 Å². The molecule has 136 valence electrons. The number of aryl methyl sites for hydroxylation is 2. The number of aromatic nitrogens is 2. The molecule has 0 amide bonds. The van der Waals surface area contributed by atoms with Crippen LogP contribution < -0.4 is 4.72 Å². The van der Waals surface area contributed by atoms with Crippen LogP contribution in [0, 0.1) is 13.8 Å². The van der Waals surface area contributed by atoms with Gasteiger partial charge < -0.3 is 4.52 Å². The fraction of sp³-hybridized carbons (Fsp3) is 0.222. The zero-order valence-corrected chi connectivity index (χ0v) is 15.9. The zero-order valence-electron chi connectivity index (χ0n) is 14.4. The van der Waals surface area contributed by atoms with Gasteiger partial charge in [-0.3, -0.25) is 0 Å². The quantitative estimate of drug-likeness (QED) is 0.694. The Morgan fingerprint density at radius 1 is 1.12 bits per heavy atom. The van der Waals surface area contributed by atoms with Crippen molar-refractivity contribution in [2.75, 3.05) is 6.54 Å². The number of benzene rings is 2. The highest BCUT2D eigenvalue weighted by atomic mass is 35.5. The number of sulfonamides is 1. The summed E-state index contributed by atoms with van der Waals surface area (Å²) < 4.78 is 32.4. The monoisotopic (exact) mass is 391 g/mol. The Bertz CT molecular complexity index is 1030. The van der Waals surface area contributed by atoms with E-state index >= 15 is 0 Å².